The number of rotatable bonds is 10. The van der Waals surface area contributed by atoms with Crippen LogP contribution in [-0.4, -0.2) is 44.1 Å². The molecular weight excluding hydrogens is 438 g/mol. The van der Waals surface area contributed by atoms with Crippen LogP contribution in [0.4, 0.5) is 4.79 Å². The zero-order valence-electron chi connectivity index (χ0n) is 23.1. The van der Waals surface area contributed by atoms with Gasteiger partial charge >= 0.3 is 6.09 Å². The monoisotopic (exact) mass is 487 g/mol. The van der Waals surface area contributed by atoms with Crippen LogP contribution in [-0.2, 0) is 15.6 Å². The smallest absolute Gasteiger partial charge is 0.410 e. The lowest BCUT2D eigenvalue weighted by Crippen LogP contribution is -2.48. The molecule has 192 valence electrons. The highest BCUT2D eigenvalue weighted by Gasteiger charge is 2.45. The Morgan fingerprint density at radius 3 is 2.18 bits per heavy atom. The van der Waals surface area contributed by atoms with Crippen LogP contribution >= 0.6 is 0 Å². The number of ether oxygens (including phenoxy) is 1. The second kappa shape index (κ2) is 12.4. The van der Waals surface area contributed by atoms with Crippen molar-refractivity contribution >= 4 is 14.4 Å². The van der Waals surface area contributed by atoms with Gasteiger partial charge in [0.05, 0.1) is 6.04 Å². The van der Waals surface area contributed by atoms with Gasteiger partial charge in [-0.15, -0.1) is 0 Å². The van der Waals surface area contributed by atoms with Gasteiger partial charge in [-0.3, -0.25) is 0 Å². The normalized spacial score (nSPS) is 18.5. The van der Waals surface area contributed by atoms with Crippen molar-refractivity contribution in [3.05, 3.63) is 48.0 Å². The largest absolute Gasteiger partial charge is 0.444 e. The Morgan fingerprint density at radius 2 is 1.65 bits per heavy atom. The molecule has 0 saturated carbocycles. The Morgan fingerprint density at radius 1 is 1.06 bits per heavy atom. The number of benzene rings is 1. The first-order valence-corrected chi connectivity index (χ1v) is 15.4. The summed E-state index contributed by atoms with van der Waals surface area (Å²) < 4.78 is 12.6. The van der Waals surface area contributed by atoms with Gasteiger partial charge in [0.1, 0.15) is 5.60 Å². The molecule has 0 aliphatic carbocycles. The van der Waals surface area contributed by atoms with Crippen molar-refractivity contribution in [3.63, 3.8) is 0 Å². The highest BCUT2D eigenvalue weighted by Crippen LogP contribution is 2.42. The maximum Gasteiger partial charge on any atom is 0.410 e. The molecule has 1 amide bonds. The van der Waals surface area contributed by atoms with E-state index in [0.717, 1.165) is 32.4 Å². The van der Waals surface area contributed by atoms with E-state index >= 15 is 0 Å². The lowest BCUT2D eigenvalue weighted by molar-refractivity contribution is 0.0255. The van der Waals surface area contributed by atoms with Crippen molar-refractivity contribution in [2.24, 2.45) is 5.92 Å². The predicted molar refractivity (Wildman–Crippen MR) is 146 cm³/mol. The molecule has 1 fully saturated rings. The molecule has 0 N–H and O–H groups in total. The number of hydrogen-bond donors (Lipinski definition) is 0. The van der Waals surface area contributed by atoms with Gasteiger partial charge in [0.25, 0.3) is 0 Å². The quantitative estimate of drug-likeness (QED) is 0.248. The summed E-state index contributed by atoms with van der Waals surface area (Å²) in [6.07, 6.45) is 7.27. The van der Waals surface area contributed by atoms with Crippen molar-refractivity contribution in [2.45, 2.75) is 110 Å². The Kier molecular flexibility index (Phi) is 10.4. The van der Waals surface area contributed by atoms with Gasteiger partial charge in [-0.25, -0.2) is 4.79 Å². The molecule has 0 aromatic heterocycles. The molecule has 1 heterocycles. The van der Waals surface area contributed by atoms with E-state index in [9.17, 15) is 4.79 Å². The summed E-state index contributed by atoms with van der Waals surface area (Å²) in [5.74, 6) is 0.270. The van der Waals surface area contributed by atoms with E-state index in [4.69, 9.17) is 9.16 Å². The number of carbonyl (C=O) groups is 1. The topological polar surface area (TPSA) is 38.8 Å². The fourth-order valence-corrected chi connectivity index (χ4v) is 11.2. The maximum atomic E-state index is 12.7. The SMILES string of the molecule is CC(C)[Si](OCC(/C=C/[C@@H]1CCCN1C(=O)OC(C)(C)C)Cc1ccccc1)(C(C)C)C(C)C. The van der Waals surface area contributed by atoms with Crippen LogP contribution in [0.15, 0.2) is 42.5 Å². The molecule has 4 nitrogen and oxygen atoms in total. The molecule has 1 aliphatic heterocycles. The molecule has 0 radical (unpaired) electrons. The number of carbonyl (C=O) groups excluding carboxylic acids is 1. The molecule has 0 bridgehead atoms. The first kappa shape index (κ1) is 28.6. The second-order valence-electron chi connectivity index (χ2n) is 11.8. The highest BCUT2D eigenvalue weighted by molar-refractivity contribution is 6.77. The zero-order chi connectivity index (χ0) is 25.5. The number of amides is 1. The van der Waals surface area contributed by atoms with Gasteiger partial charge in [-0.1, -0.05) is 84.0 Å². The molecular formula is C29H49NO3Si. The summed E-state index contributed by atoms with van der Waals surface area (Å²) in [5, 5.41) is 0. The van der Waals surface area contributed by atoms with Crippen LogP contribution < -0.4 is 0 Å². The van der Waals surface area contributed by atoms with Gasteiger partial charge in [0.15, 0.2) is 8.32 Å². The summed E-state index contributed by atoms with van der Waals surface area (Å²) in [5.41, 5.74) is 2.53. The van der Waals surface area contributed by atoms with Crippen molar-refractivity contribution in [1.29, 1.82) is 0 Å². The molecule has 34 heavy (non-hydrogen) atoms. The lowest BCUT2D eigenvalue weighted by atomic mass is 9.98. The molecule has 1 aromatic rings. The number of nitrogens with zero attached hydrogens (tertiary/aromatic N) is 1. The number of hydrogen-bond acceptors (Lipinski definition) is 3. The van der Waals surface area contributed by atoms with E-state index < -0.39 is 13.9 Å². The van der Waals surface area contributed by atoms with E-state index in [1.807, 2.05) is 25.7 Å². The highest BCUT2D eigenvalue weighted by atomic mass is 28.4. The van der Waals surface area contributed by atoms with E-state index in [2.05, 4.69) is 84.0 Å². The summed E-state index contributed by atoms with van der Waals surface area (Å²) >= 11 is 0. The Labute approximate surface area is 210 Å². The summed E-state index contributed by atoms with van der Waals surface area (Å²) in [4.78, 5) is 14.6. The zero-order valence-corrected chi connectivity index (χ0v) is 24.1. The molecule has 2 rings (SSSR count). The lowest BCUT2D eigenvalue weighted by Gasteiger charge is -2.43. The third-order valence-corrected chi connectivity index (χ3v) is 13.2. The van der Waals surface area contributed by atoms with Crippen LogP contribution in [0.3, 0.4) is 0 Å². The predicted octanol–water partition coefficient (Wildman–Crippen LogP) is 7.99. The summed E-state index contributed by atoms with van der Waals surface area (Å²) in [6.45, 7) is 21.3. The fraction of sp³-hybridized carbons (Fsp3) is 0.690. The van der Waals surface area contributed by atoms with Crippen molar-refractivity contribution in [3.8, 4) is 0 Å². The first-order valence-electron chi connectivity index (χ1n) is 13.2. The minimum absolute atomic E-state index is 0.0930. The third-order valence-electron chi connectivity index (χ3n) is 7.13. The molecule has 0 spiro atoms. The van der Waals surface area contributed by atoms with E-state index in [0.29, 0.717) is 16.6 Å². The molecule has 1 saturated heterocycles. The van der Waals surface area contributed by atoms with Gasteiger partial charge in [-0.2, -0.15) is 0 Å². The maximum absolute atomic E-state index is 12.7. The summed E-state index contributed by atoms with van der Waals surface area (Å²) in [6, 6.07) is 10.8. The summed E-state index contributed by atoms with van der Waals surface area (Å²) in [7, 11) is -1.94. The second-order valence-corrected chi connectivity index (χ2v) is 17.3. The molecule has 1 aromatic carbocycles. The van der Waals surface area contributed by atoms with Crippen LogP contribution in [0, 0.1) is 5.92 Å². The van der Waals surface area contributed by atoms with Gasteiger partial charge in [0, 0.05) is 19.1 Å². The molecule has 5 heteroatoms. The van der Waals surface area contributed by atoms with Gasteiger partial charge in [-0.05, 0) is 62.2 Å². The molecule has 2 atom stereocenters. The number of likely N-dealkylation sites (tertiary alicyclic amines) is 1. The van der Waals surface area contributed by atoms with Crippen LogP contribution in [0.25, 0.3) is 0 Å². The Hall–Kier alpha value is -1.59. The Balaban J connectivity index is 2.22. The average Bonchev–Trinajstić information content (AvgIpc) is 3.20. The fourth-order valence-electron chi connectivity index (χ4n) is 5.68. The molecule has 1 aliphatic rings. The minimum atomic E-state index is -1.94. The standard InChI is InChI=1S/C29H49NO3Si/c1-22(2)34(23(3)4,24(5)6)32-21-26(20-25-14-11-10-12-15-25)17-18-27-16-13-19-30(27)28(31)33-29(7,8)9/h10-12,14-15,17-18,22-24,26-27H,13,16,19-21H2,1-9H3/b18-17+/t26?,27-/m0/s1. The first-order chi connectivity index (χ1) is 15.9. The van der Waals surface area contributed by atoms with E-state index in [-0.39, 0.29) is 18.1 Å². The molecule has 1 unspecified atom stereocenters. The van der Waals surface area contributed by atoms with Crippen LogP contribution in [0.2, 0.25) is 16.6 Å². The minimum Gasteiger partial charge on any atom is -0.444 e. The van der Waals surface area contributed by atoms with E-state index in [1.54, 1.807) is 0 Å². The van der Waals surface area contributed by atoms with Crippen LogP contribution in [0.5, 0.6) is 0 Å². The van der Waals surface area contributed by atoms with E-state index in [1.165, 1.54) is 5.56 Å². The van der Waals surface area contributed by atoms with Crippen molar-refractivity contribution in [2.75, 3.05) is 13.2 Å². The average molecular weight is 488 g/mol. The van der Waals surface area contributed by atoms with Gasteiger partial charge in [0.2, 0.25) is 0 Å². The van der Waals surface area contributed by atoms with Crippen LogP contribution in [0.1, 0.15) is 80.7 Å². The van der Waals surface area contributed by atoms with Crippen molar-refractivity contribution in [1.82, 2.24) is 4.90 Å². The third kappa shape index (κ3) is 7.71. The van der Waals surface area contributed by atoms with Gasteiger partial charge < -0.3 is 14.1 Å². The Bertz CT molecular complexity index is 761. The van der Waals surface area contributed by atoms with Crippen molar-refractivity contribution < 1.29 is 14.0 Å².